The molecule has 0 aliphatic carbocycles. The predicted molar refractivity (Wildman–Crippen MR) is 60.9 cm³/mol. The van der Waals surface area contributed by atoms with E-state index in [1.807, 2.05) is 7.05 Å². The second kappa shape index (κ2) is 4.69. The van der Waals surface area contributed by atoms with E-state index in [0.29, 0.717) is 12.4 Å². The highest BCUT2D eigenvalue weighted by Gasteiger charge is 2.02. The maximum Gasteiger partial charge on any atom is 0.335 e. The number of hydrogen-bond acceptors (Lipinski definition) is 3. The Morgan fingerprint density at radius 1 is 1.41 bits per heavy atom. The summed E-state index contributed by atoms with van der Waals surface area (Å²) < 4.78 is 7.14. The quantitative estimate of drug-likeness (QED) is 0.871. The molecule has 0 spiro atoms. The van der Waals surface area contributed by atoms with E-state index in [-0.39, 0.29) is 5.56 Å². The van der Waals surface area contributed by atoms with Crippen LogP contribution in [0.5, 0.6) is 5.75 Å². The number of rotatable bonds is 4. The van der Waals surface area contributed by atoms with Crippen LogP contribution in [0, 0.1) is 0 Å². The van der Waals surface area contributed by atoms with Crippen LogP contribution in [0.4, 0.5) is 0 Å². The van der Waals surface area contributed by atoms with Crippen molar-refractivity contribution in [1.82, 2.24) is 9.78 Å². The predicted octanol–water partition coefficient (Wildman–Crippen LogP) is 1.70. The van der Waals surface area contributed by atoms with Crippen LogP contribution in [-0.4, -0.2) is 20.9 Å². The monoisotopic (exact) mass is 232 g/mol. The summed E-state index contributed by atoms with van der Waals surface area (Å²) in [4.78, 5) is 10.7. The van der Waals surface area contributed by atoms with Crippen LogP contribution in [0.3, 0.4) is 0 Å². The second-order valence-electron chi connectivity index (χ2n) is 3.64. The molecule has 5 heteroatoms. The van der Waals surface area contributed by atoms with Crippen molar-refractivity contribution >= 4 is 5.97 Å². The van der Waals surface area contributed by atoms with Gasteiger partial charge in [-0.25, -0.2) is 4.79 Å². The Balaban J connectivity index is 1.97. The van der Waals surface area contributed by atoms with E-state index in [1.54, 1.807) is 41.3 Å². The van der Waals surface area contributed by atoms with Gasteiger partial charge >= 0.3 is 5.97 Å². The highest BCUT2D eigenvalue weighted by Crippen LogP contribution is 2.11. The minimum atomic E-state index is -0.926. The van der Waals surface area contributed by atoms with Gasteiger partial charge in [-0.05, 0) is 17.7 Å². The molecule has 1 heterocycles. The molecule has 0 saturated heterocycles. The van der Waals surface area contributed by atoms with Gasteiger partial charge in [-0.3, -0.25) is 4.68 Å². The van der Waals surface area contributed by atoms with E-state index in [2.05, 4.69) is 5.10 Å². The second-order valence-corrected chi connectivity index (χ2v) is 3.64. The fourth-order valence-corrected chi connectivity index (χ4v) is 1.38. The zero-order valence-corrected chi connectivity index (χ0v) is 9.33. The summed E-state index contributed by atoms with van der Waals surface area (Å²) in [5.41, 5.74) is 1.19. The van der Waals surface area contributed by atoms with Crippen LogP contribution in [0.2, 0.25) is 0 Å². The number of benzene rings is 1. The van der Waals surface area contributed by atoms with E-state index in [9.17, 15) is 4.79 Å². The van der Waals surface area contributed by atoms with Crippen molar-refractivity contribution < 1.29 is 14.6 Å². The molecular formula is C12H12N2O3. The van der Waals surface area contributed by atoms with Crippen LogP contribution in [0.15, 0.2) is 36.7 Å². The van der Waals surface area contributed by atoms with E-state index in [0.717, 1.165) is 5.56 Å². The molecule has 0 amide bonds. The molecule has 0 atom stereocenters. The molecule has 1 aromatic carbocycles. The maximum atomic E-state index is 10.7. The lowest BCUT2D eigenvalue weighted by molar-refractivity contribution is 0.0697. The van der Waals surface area contributed by atoms with Gasteiger partial charge in [0.25, 0.3) is 0 Å². The first-order chi connectivity index (χ1) is 8.15. The van der Waals surface area contributed by atoms with E-state index >= 15 is 0 Å². The zero-order valence-electron chi connectivity index (χ0n) is 9.33. The Labute approximate surface area is 98.3 Å². The van der Waals surface area contributed by atoms with Gasteiger partial charge < -0.3 is 9.84 Å². The van der Waals surface area contributed by atoms with Gasteiger partial charge in [0, 0.05) is 7.05 Å². The summed E-state index contributed by atoms with van der Waals surface area (Å²) in [6.07, 6.45) is 3.40. The van der Waals surface area contributed by atoms with Crippen molar-refractivity contribution in [2.24, 2.45) is 7.05 Å². The van der Waals surface area contributed by atoms with Crippen LogP contribution in [0.25, 0.3) is 0 Å². The molecule has 2 aromatic rings. The lowest BCUT2D eigenvalue weighted by Gasteiger charge is -2.03. The molecule has 0 aliphatic rings. The summed E-state index contributed by atoms with van der Waals surface area (Å²) in [7, 11) is 1.81. The Morgan fingerprint density at radius 2 is 2.12 bits per heavy atom. The third kappa shape index (κ3) is 2.84. The number of ether oxygens (including phenoxy) is 1. The molecule has 0 unspecified atom stereocenters. The molecule has 0 bridgehead atoms. The molecule has 88 valence electrons. The molecule has 1 aromatic heterocycles. The fourth-order valence-electron chi connectivity index (χ4n) is 1.38. The molecule has 0 aliphatic heterocycles. The smallest absolute Gasteiger partial charge is 0.335 e. The van der Waals surface area contributed by atoms with Crippen molar-refractivity contribution in [3.63, 3.8) is 0 Å². The molecule has 0 saturated carbocycles. The van der Waals surface area contributed by atoms with Crippen LogP contribution in [0.1, 0.15) is 15.9 Å². The van der Waals surface area contributed by atoms with Crippen LogP contribution < -0.4 is 4.74 Å². The molecule has 5 nitrogen and oxygen atoms in total. The summed E-state index contributed by atoms with van der Waals surface area (Å²) in [5, 5.41) is 12.7. The summed E-state index contributed by atoms with van der Waals surface area (Å²) in [6.45, 7) is 0.394. The Kier molecular flexibility index (Phi) is 3.09. The van der Waals surface area contributed by atoms with Gasteiger partial charge in [-0.1, -0.05) is 12.1 Å². The average Bonchev–Trinajstić information content (AvgIpc) is 2.73. The number of aryl methyl sites for hydroxylation is 1. The topological polar surface area (TPSA) is 64.3 Å². The van der Waals surface area contributed by atoms with Gasteiger partial charge in [-0.2, -0.15) is 5.10 Å². The van der Waals surface area contributed by atoms with Gasteiger partial charge in [0.2, 0.25) is 0 Å². The summed E-state index contributed by atoms with van der Waals surface area (Å²) in [6, 6.07) is 6.59. The van der Waals surface area contributed by atoms with Crippen molar-refractivity contribution in [3.05, 3.63) is 47.8 Å². The van der Waals surface area contributed by atoms with E-state index < -0.39 is 5.97 Å². The van der Waals surface area contributed by atoms with Gasteiger partial charge in [0.1, 0.15) is 6.61 Å². The average molecular weight is 232 g/mol. The lowest BCUT2D eigenvalue weighted by atomic mass is 10.1. The molecule has 0 radical (unpaired) electrons. The molecule has 2 rings (SSSR count). The number of carbonyl (C=O) groups is 1. The van der Waals surface area contributed by atoms with Gasteiger partial charge in [0.15, 0.2) is 5.75 Å². The number of carboxylic acid groups (broad SMARTS) is 1. The van der Waals surface area contributed by atoms with Crippen molar-refractivity contribution in [2.45, 2.75) is 6.61 Å². The number of hydrogen-bond donors (Lipinski definition) is 1. The van der Waals surface area contributed by atoms with Crippen molar-refractivity contribution in [1.29, 1.82) is 0 Å². The largest absolute Gasteiger partial charge is 0.486 e. The van der Waals surface area contributed by atoms with Crippen LogP contribution in [-0.2, 0) is 13.7 Å². The van der Waals surface area contributed by atoms with E-state index in [1.165, 1.54) is 0 Å². The number of aromatic nitrogens is 2. The fraction of sp³-hybridized carbons (Fsp3) is 0.167. The number of carboxylic acids is 1. The standard InChI is InChI=1S/C12H12N2O3/c1-14-7-11(6-13-14)17-8-9-2-4-10(5-3-9)12(15)16/h2-7H,8H2,1H3,(H,15,16). The minimum Gasteiger partial charge on any atom is -0.486 e. The SMILES string of the molecule is Cn1cc(OCc2ccc(C(=O)O)cc2)cn1. The number of aromatic carboxylic acids is 1. The van der Waals surface area contributed by atoms with Crippen LogP contribution >= 0.6 is 0 Å². The summed E-state index contributed by atoms with van der Waals surface area (Å²) >= 11 is 0. The first-order valence-electron chi connectivity index (χ1n) is 5.09. The molecule has 1 N–H and O–H groups in total. The molecule has 17 heavy (non-hydrogen) atoms. The third-order valence-corrected chi connectivity index (χ3v) is 2.29. The Hall–Kier alpha value is -2.30. The molecular weight excluding hydrogens is 220 g/mol. The van der Waals surface area contributed by atoms with Crippen molar-refractivity contribution in [2.75, 3.05) is 0 Å². The normalized spacial score (nSPS) is 10.2. The van der Waals surface area contributed by atoms with E-state index in [4.69, 9.17) is 9.84 Å². The number of nitrogens with zero attached hydrogens (tertiary/aromatic N) is 2. The minimum absolute atomic E-state index is 0.273. The third-order valence-electron chi connectivity index (χ3n) is 2.29. The van der Waals surface area contributed by atoms with Gasteiger partial charge in [0.05, 0.1) is 18.0 Å². The molecule has 0 fully saturated rings. The summed E-state index contributed by atoms with van der Waals surface area (Å²) in [5.74, 6) is -0.237. The Morgan fingerprint density at radius 3 is 2.65 bits per heavy atom. The Bertz CT molecular complexity index is 517. The first-order valence-corrected chi connectivity index (χ1v) is 5.09. The maximum absolute atomic E-state index is 10.7. The lowest BCUT2D eigenvalue weighted by Crippen LogP contribution is -1.98. The first kappa shape index (κ1) is 11.2. The van der Waals surface area contributed by atoms with Gasteiger partial charge in [-0.15, -0.1) is 0 Å². The van der Waals surface area contributed by atoms with Crippen molar-refractivity contribution in [3.8, 4) is 5.75 Å². The zero-order chi connectivity index (χ0) is 12.3. The highest BCUT2D eigenvalue weighted by molar-refractivity contribution is 5.87. The highest BCUT2D eigenvalue weighted by atomic mass is 16.5.